The first-order valence-corrected chi connectivity index (χ1v) is 8.37. The zero-order chi connectivity index (χ0) is 18.1. The van der Waals surface area contributed by atoms with E-state index in [1.54, 1.807) is 25.1 Å². The SMILES string of the molecule is CCC1Cc2ccc(C(C)c3ccc(CO)cc3F)c(F)c2C(=O)O1. The molecule has 2 aromatic rings. The van der Waals surface area contributed by atoms with Gasteiger partial charge in [-0.25, -0.2) is 13.6 Å². The molecule has 2 unspecified atom stereocenters. The van der Waals surface area contributed by atoms with Crippen LogP contribution in [0.3, 0.4) is 0 Å². The summed E-state index contributed by atoms with van der Waals surface area (Å²) in [5, 5.41) is 9.08. The van der Waals surface area contributed by atoms with Crippen LogP contribution in [-0.2, 0) is 17.8 Å². The average molecular weight is 346 g/mol. The lowest BCUT2D eigenvalue weighted by Gasteiger charge is -2.25. The van der Waals surface area contributed by atoms with Gasteiger partial charge in [-0.05, 0) is 34.7 Å². The monoisotopic (exact) mass is 346 g/mol. The van der Waals surface area contributed by atoms with Gasteiger partial charge in [0.2, 0.25) is 0 Å². The number of carbonyl (C=O) groups excluding carboxylic acids is 1. The fourth-order valence-corrected chi connectivity index (χ4v) is 3.27. The molecule has 3 rings (SSSR count). The number of esters is 1. The van der Waals surface area contributed by atoms with E-state index in [0.29, 0.717) is 29.5 Å². The smallest absolute Gasteiger partial charge is 0.341 e. The van der Waals surface area contributed by atoms with Crippen molar-refractivity contribution >= 4 is 5.97 Å². The Labute approximate surface area is 145 Å². The van der Waals surface area contributed by atoms with Crippen molar-refractivity contribution in [2.24, 2.45) is 0 Å². The average Bonchev–Trinajstić information content (AvgIpc) is 2.60. The maximum atomic E-state index is 15.0. The number of carbonyl (C=O) groups is 1. The number of cyclic esters (lactones) is 1. The molecule has 0 fully saturated rings. The Hall–Kier alpha value is -2.27. The van der Waals surface area contributed by atoms with E-state index in [9.17, 15) is 13.6 Å². The summed E-state index contributed by atoms with van der Waals surface area (Å²) in [6.07, 6.45) is 0.932. The van der Waals surface area contributed by atoms with Crippen LogP contribution < -0.4 is 0 Å². The van der Waals surface area contributed by atoms with Crippen molar-refractivity contribution in [3.8, 4) is 0 Å². The lowest BCUT2D eigenvalue weighted by molar-refractivity contribution is 0.0242. The molecule has 0 aliphatic carbocycles. The van der Waals surface area contributed by atoms with Crippen molar-refractivity contribution in [1.29, 1.82) is 0 Å². The van der Waals surface area contributed by atoms with Crippen LogP contribution in [0.15, 0.2) is 30.3 Å². The molecule has 0 saturated heterocycles. The van der Waals surface area contributed by atoms with Gasteiger partial charge < -0.3 is 9.84 Å². The standard InChI is InChI=1S/C20H20F2O3/c1-3-14-9-13-5-7-16(19(22)18(13)20(24)25-14)11(2)15-6-4-12(10-23)8-17(15)21/h4-8,11,14,23H,3,9-10H2,1-2H3. The highest BCUT2D eigenvalue weighted by Crippen LogP contribution is 2.33. The molecule has 25 heavy (non-hydrogen) atoms. The van der Waals surface area contributed by atoms with Crippen LogP contribution in [0.1, 0.15) is 58.8 Å². The maximum absolute atomic E-state index is 15.0. The molecule has 3 nitrogen and oxygen atoms in total. The highest BCUT2D eigenvalue weighted by molar-refractivity contribution is 5.93. The fourth-order valence-electron chi connectivity index (χ4n) is 3.27. The third-order valence-electron chi connectivity index (χ3n) is 4.82. The summed E-state index contributed by atoms with van der Waals surface area (Å²) in [5.41, 5.74) is 1.61. The van der Waals surface area contributed by atoms with Crippen molar-refractivity contribution in [2.45, 2.75) is 45.3 Å². The quantitative estimate of drug-likeness (QED) is 0.848. The molecule has 2 atom stereocenters. The number of benzene rings is 2. The van der Waals surface area contributed by atoms with Crippen LogP contribution in [-0.4, -0.2) is 17.2 Å². The number of aliphatic hydroxyl groups excluding tert-OH is 1. The first-order valence-electron chi connectivity index (χ1n) is 8.37. The topological polar surface area (TPSA) is 46.5 Å². The normalized spacial score (nSPS) is 17.8. The molecule has 2 aromatic carbocycles. The molecule has 1 aliphatic heterocycles. The molecule has 132 valence electrons. The van der Waals surface area contributed by atoms with Gasteiger partial charge in [0.05, 0.1) is 12.2 Å². The zero-order valence-electron chi connectivity index (χ0n) is 14.2. The molecule has 0 amide bonds. The van der Waals surface area contributed by atoms with E-state index in [1.165, 1.54) is 12.1 Å². The number of aliphatic hydroxyl groups is 1. The number of fused-ring (bicyclic) bond motifs is 1. The lowest BCUT2D eigenvalue weighted by Crippen LogP contribution is -2.28. The van der Waals surface area contributed by atoms with Gasteiger partial charge in [-0.2, -0.15) is 0 Å². The second-order valence-electron chi connectivity index (χ2n) is 6.38. The van der Waals surface area contributed by atoms with Crippen LogP contribution in [0.2, 0.25) is 0 Å². The van der Waals surface area contributed by atoms with E-state index in [0.717, 1.165) is 0 Å². The van der Waals surface area contributed by atoms with Crippen LogP contribution in [0, 0.1) is 11.6 Å². The maximum Gasteiger partial charge on any atom is 0.341 e. The van der Waals surface area contributed by atoms with E-state index >= 15 is 0 Å². The van der Waals surface area contributed by atoms with Gasteiger partial charge in [-0.1, -0.05) is 38.1 Å². The summed E-state index contributed by atoms with van der Waals surface area (Å²) in [6, 6.07) is 7.72. The molecule has 0 aromatic heterocycles. The predicted octanol–water partition coefficient (Wildman–Crippen LogP) is 4.10. The number of ether oxygens (including phenoxy) is 1. The van der Waals surface area contributed by atoms with Crippen LogP contribution in [0.5, 0.6) is 0 Å². The van der Waals surface area contributed by atoms with E-state index < -0.39 is 23.5 Å². The number of hydrogen-bond donors (Lipinski definition) is 1. The van der Waals surface area contributed by atoms with E-state index in [4.69, 9.17) is 9.84 Å². The Bertz CT molecular complexity index is 817. The Morgan fingerprint density at radius 3 is 2.60 bits per heavy atom. The molecule has 0 radical (unpaired) electrons. The third kappa shape index (κ3) is 3.16. The minimum absolute atomic E-state index is 0.0403. The Balaban J connectivity index is 2.01. The predicted molar refractivity (Wildman–Crippen MR) is 89.4 cm³/mol. The summed E-state index contributed by atoms with van der Waals surface area (Å²) in [4.78, 5) is 12.2. The summed E-state index contributed by atoms with van der Waals surface area (Å²) in [7, 11) is 0. The summed E-state index contributed by atoms with van der Waals surface area (Å²) >= 11 is 0. The van der Waals surface area contributed by atoms with Gasteiger partial charge >= 0.3 is 5.97 Å². The number of rotatable bonds is 4. The minimum Gasteiger partial charge on any atom is -0.458 e. The molecule has 1 N–H and O–H groups in total. The van der Waals surface area contributed by atoms with E-state index in [1.807, 2.05) is 6.92 Å². The molecule has 0 bridgehead atoms. The Kier molecular flexibility index (Phi) is 4.86. The molecular weight excluding hydrogens is 326 g/mol. The van der Waals surface area contributed by atoms with Crippen molar-refractivity contribution in [2.75, 3.05) is 0 Å². The summed E-state index contributed by atoms with van der Waals surface area (Å²) in [6.45, 7) is 3.34. The van der Waals surface area contributed by atoms with Gasteiger partial charge in [0.15, 0.2) is 0 Å². The number of halogens is 2. The van der Waals surface area contributed by atoms with Crippen LogP contribution in [0.4, 0.5) is 8.78 Å². The second kappa shape index (κ2) is 6.92. The summed E-state index contributed by atoms with van der Waals surface area (Å²) in [5.74, 6) is -2.38. The molecule has 5 heteroatoms. The Morgan fingerprint density at radius 1 is 1.24 bits per heavy atom. The van der Waals surface area contributed by atoms with Gasteiger partial charge in [0.25, 0.3) is 0 Å². The summed E-state index contributed by atoms with van der Waals surface area (Å²) < 4.78 is 34.5. The van der Waals surface area contributed by atoms with Gasteiger partial charge in [-0.3, -0.25) is 0 Å². The lowest BCUT2D eigenvalue weighted by atomic mass is 9.87. The zero-order valence-corrected chi connectivity index (χ0v) is 14.2. The first kappa shape index (κ1) is 17.5. The van der Waals surface area contributed by atoms with Crippen molar-refractivity contribution in [3.05, 3.63) is 69.8 Å². The van der Waals surface area contributed by atoms with Gasteiger partial charge in [0.1, 0.15) is 17.7 Å². The van der Waals surface area contributed by atoms with Crippen molar-refractivity contribution < 1.29 is 23.4 Å². The fraction of sp³-hybridized carbons (Fsp3) is 0.350. The molecule has 0 spiro atoms. The first-order chi connectivity index (χ1) is 12.0. The highest BCUT2D eigenvalue weighted by atomic mass is 19.1. The van der Waals surface area contributed by atoms with Crippen molar-refractivity contribution in [1.82, 2.24) is 0 Å². The Morgan fingerprint density at radius 2 is 1.96 bits per heavy atom. The minimum atomic E-state index is -0.657. The highest BCUT2D eigenvalue weighted by Gasteiger charge is 2.31. The van der Waals surface area contributed by atoms with Crippen LogP contribution >= 0.6 is 0 Å². The largest absolute Gasteiger partial charge is 0.458 e. The molecule has 1 heterocycles. The van der Waals surface area contributed by atoms with Gasteiger partial charge in [-0.15, -0.1) is 0 Å². The molecular formula is C20H20F2O3. The molecule has 0 saturated carbocycles. The third-order valence-corrected chi connectivity index (χ3v) is 4.82. The molecule has 1 aliphatic rings. The van der Waals surface area contributed by atoms with E-state index in [-0.39, 0.29) is 23.8 Å². The van der Waals surface area contributed by atoms with Crippen molar-refractivity contribution in [3.63, 3.8) is 0 Å². The van der Waals surface area contributed by atoms with Crippen LogP contribution in [0.25, 0.3) is 0 Å². The van der Waals surface area contributed by atoms with E-state index in [2.05, 4.69) is 0 Å². The van der Waals surface area contributed by atoms with Gasteiger partial charge in [0, 0.05) is 12.3 Å². The number of hydrogen-bond acceptors (Lipinski definition) is 3. The second-order valence-corrected chi connectivity index (χ2v) is 6.38.